The Balaban J connectivity index is 1.93. The van der Waals surface area contributed by atoms with Gasteiger partial charge >= 0.3 is 0 Å². The highest BCUT2D eigenvalue weighted by molar-refractivity contribution is 4.69. The molecule has 0 unspecified atom stereocenters. The minimum Gasteiger partial charge on any atom is -0.380 e. The molecule has 0 amide bonds. The molecule has 102 valence electrons. The van der Waals surface area contributed by atoms with Crippen molar-refractivity contribution in [2.24, 2.45) is 0 Å². The lowest BCUT2D eigenvalue weighted by Gasteiger charge is -2.21. The van der Waals surface area contributed by atoms with Crippen LogP contribution in [0.4, 0.5) is 0 Å². The van der Waals surface area contributed by atoms with E-state index in [9.17, 15) is 0 Å². The summed E-state index contributed by atoms with van der Waals surface area (Å²) in [6.07, 6.45) is 5.15. The van der Waals surface area contributed by atoms with Gasteiger partial charge in [0.15, 0.2) is 0 Å². The second kappa shape index (κ2) is 8.06. The van der Waals surface area contributed by atoms with Gasteiger partial charge < -0.3 is 15.0 Å². The number of ether oxygens (including phenoxy) is 1. The Bertz CT molecular complexity index is 181. The third kappa shape index (κ3) is 8.58. The van der Waals surface area contributed by atoms with E-state index < -0.39 is 0 Å². The number of hydrogen-bond donors (Lipinski definition) is 1. The fraction of sp³-hybridized carbons (Fsp3) is 1.00. The molecule has 1 N–H and O–H groups in total. The van der Waals surface area contributed by atoms with Crippen LogP contribution in [0.2, 0.25) is 0 Å². The van der Waals surface area contributed by atoms with Crippen molar-refractivity contribution < 1.29 is 4.74 Å². The maximum absolute atomic E-state index is 5.46. The van der Waals surface area contributed by atoms with E-state index in [4.69, 9.17) is 4.74 Å². The molecular weight excluding hydrogens is 212 g/mol. The quantitative estimate of drug-likeness (QED) is 0.723. The van der Waals surface area contributed by atoms with E-state index in [0.29, 0.717) is 0 Å². The van der Waals surface area contributed by atoms with E-state index in [1.165, 1.54) is 38.8 Å². The smallest absolute Gasteiger partial charge is 0.0593 e. The first-order valence-corrected chi connectivity index (χ1v) is 7.13. The van der Waals surface area contributed by atoms with Gasteiger partial charge in [0, 0.05) is 25.2 Å². The Labute approximate surface area is 107 Å². The van der Waals surface area contributed by atoms with E-state index in [-0.39, 0.29) is 5.54 Å². The van der Waals surface area contributed by atoms with Crippen molar-refractivity contribution in [3.05, 3.63) is 0 Å². The first-order chi connectivity index (χ1) is 8.08. The van der Waals surface area contributed by atoms with E-state index >= 15 is 0 Å². The SMILES string of the molecule is CC(C)(C)NCCCCCN1CCCOCC1. The van der Waals surface area contributed by atoms with Gasteiger partial charge in [-0.2, -0.15) is 0 Å². The molecule has 1 saturated heterocycles. The number of nitrogens with one attached hydrogen (secondary N) is 1. The van der Waals surface area contributed by atoms with Crippen molar-refractivity contribution in [2.75, 3.05) is 39.4 Å². The highest BCUT2D eigenvalue weighted by Gasteiger charge is 2.09. The van der Waals surface area contributed by atoms with Crippen LogP contribution in [0.25, 0.3) is 0 Å². The van der Waals surface area contributed by atoms with E-state index in [1.807, 2.05) is 0 Å². The van der Waals surface area contributed by atoms with Gasteiger partial charge in [0.2, 0.25) is 0 Å². The molecule has 1 fully saturated rings. The summed E-state index contributed by atoms with van der Waals surface area (Å²) in [5, 5.41) is 3.54. The monoisotopic (exact) mass is 242 g/mol. The molecule has 0 atom stereocenters. The molecule has 0 aliphatic carbocycles. The summed E-state index contributed by atoms with van der Waals surface area (Å²) < 4.78 is 5.46. The van der Waals surface area contributed by atoms with Gasteiger partial charge in [0.25, 0.3) is 0 Å². The number of rotatable bonds is 6. The van der Waals surface area contributed by atoms with Crippen LogP contribution in [0, 0.1) is 0 Å². The average molecular weight is 242 g/mol. The normalized spacial score (nSPS) is 19.2. The van der Waals surface area contributed by atoms with E-state index in [0.717, 1.165) is 26.3 Å². The van der Waals surface area contributed by atoms with Crippen molar-refractivity contribution in [3.8, 4) is 0 Å². The van der Waals surface area contributed by atoms with Gasteiger partial charge in [-0.25, -0.2) is 0 Å². The number of hydrogen-bond acceptors (Lipinski definition) is 3. The zero-order valence-electron chi connectivity index (χ0n) is 11.9. The molecule has 0 spiro atoms. The molecule has 1 rings (SSSR count). The van der Waals surface area contributed by atoms with E-state index in [2.05, 4.69) is 31.0 Å². The maximum atomic E-state index is 5.46. The van der Waals surface area contributed by atoms with Gasteiger partial charge in [-0.05, 0) is 53.1 Å². The lowest BCUT2D eigenvalue weighted by molar-refractivity contribution is 0.141. The predicted molar refractivity (Wildman–Crippen MR) is 73.5 cm³/mol. The zero-order valence-corrected chi connectivity index (χ0v) is 11.9. The first-order valence-electron chi connectivity index (χ1n) is 7.13. The molecule has 0 radical (unpaired) electrons. The minimum atomic E-state index is 0.266. The van der Waals surface area contributed by atoms with Crippen LogP contribution in [0.15, 0.2) is 0 Å². The predicted octanol–water partition coefficient (Wildman–Crippen LogP) is 2.27. The van der Waals surface area contributed by atoms with Crippen molar-refractivity contribution in [1.29, 1.82) is 0 Å². The van der Waals surface area contributed by atoms with Crippen LogP contribution < -0.4 is 5.32 Å². The molecule has 0 bridgehead atoms. The van der Waals surface area contributed by atoms with Gasteiger partial charge in [0.1, 0.15) is 0 Å². The summed E-state index contributed by atoms with van der Waals surface area (Å²) in [6.45, 7) is 13.3. The Hall–Kier alpha value is -0.120. The first kappa shape index (κ1) is 14.9. The maximum Gasteiger partial charge on any atom is 0.0593 e. The highest BCUT2D eigenvalue weighted by atomic mass is 16.5. The van der Waals surface area contributed by atoms with Gasteiger partial charge in [-0.15, -0.1) is 0 Å². The van der Waals surface area contributed by atoms with Gasteiger partial charge in [-0.1, -0.05) is 6.42 Å². The summed E-state index contributed by atoms with van der Waals surface area (Å²) in [7, 11) is 0. The van der Waals surface area contributed by atoms with Gasteiger partial charge in [0.05, 0.1) is 6.61 Å². The zero-order chi connectivity index (χ0) is 12.6. The van der Waals surface area contributed by atoms with Crippen molar-refractivity contribution in [2.45, 2.75) is 52.0 Å². The third-order valence-electron chi connectivity index (χ3n) is 3.12. The minimum absolute atomic E-state index is 0.266. The van der Waals surface area contributed by atoms with Crippen LogP contribution in [0.3, 0.4) is 0 Å². The fourth-order valence-electron chi connectivity index (χ4n) is 2.12. The Morgan fingerprint density at radius 3 is 2.65 bits per heavy atom. The summed E-state index contributed by atoms with van der Waals surface area (Å²) >= 11 is 0. The molecule has 1 aliphatic rings. The van der Waals surface area contributed by atoms with Crippen LogP contribution >= 0.6 is 0 Å². The molecule has 3 heteroatoms. The Kier molecular flexibility index (Phi) is 7.09. The summed E-state index contributed by atoms with van der Waals surface area (Å²) in [4.78, 5) is 2.55. The van der Waals surface area contributed by atoms with Crippen LogP contribution in [0.5, 0.6) is 0 Å². The second-order valence-electron chi connectivity index (χ2n) is 6.05. The molecule has 3 nitrogen and oxygen atoms in total. The molecule has 0 aromatic carbocycles. The average Bonchev–Trinajstić information content (AvgIpc) is 2.50. The Morgan fingerprint density at radius 2 is 1.88 bits per heavy atom. The largest absolute Gasteiger partial charge is 0.380 e. The summed E-state index contributed by atoms with van der Waals surface area (Å²) in [5.41, 5.74) is 0.266. The Morgan fingerprint density at radius 1 is 1.06 bits per heavy atom. The van der Waals surface area contributed by atoms with Crippen LogP contribution in [-0.4, -0.2) is 49.8 Å². The second-order valence-corrected chi connectivity index (χ2v) is 6.05. The van der Waals surface area contributed by atoms with E-state index in [1.54, 1.807) is 0 Å². The molecule has 17 heavy (non-hydrogen) atoms. The molecule has 0 aromatic rings. The number of unbranched alkanes of at least 4 members (excludes halogenated alkanes) is 2. The molecule has 1 heterocycles. The molecule has 0 aromatic heterocycles. The van der Waals surface area contributed by atoms with Gasteiger partial charge in [-0.3, -0.25) is 0 Å². The highest BCUT2D eigenvalue weighted by Crippen LogP contribution is 2.04. The number of nitrogens with zero attached hydrogens (tertiary/aromatic N) is 1. The molecule has 1 aliphatic heterocycles. The lowest BCUT2D eigenvalue weighted by Crippen LogP contribution is -2.36. The van der Waals surface area contributed by atoms with Crippen LogP contribution in [-0.2, 0) is 4.74 Å². The van der Waals surface area contributed by atoms with Crippen LogP contribution in [0.1, 0.15) is 46.5 Å². The van der Waals surface area contributed by atoms with Crippen molar-refractivity contribution >= 4 is 0 Å². The van der Waals surface area contributed by atoms with Crippen molar-refractivity contribution in [3.63, 3.8) is 0 Å². The molecular formula is C14H30N2O. The van der Waals surface area contributed by atoms with Crippen molar-refractivity contribution in [1.82, 2.24) is 10.2 Å². The summed E-state index contributed by atoms with van der Waals surface area (Å²) in [5.74, 6) is 0. The molecule has 0 saturated carbocycles. The fourth-order valence-corrected chi connectivity index (χ4v) is 2.12. The lowest BCUT2D eigenvalue weighted by atomic mass is 10.1. The summed E-state index contributed by atoms with van der Waals surface area (Å²) in [6, 6.07) is 0. The topological polar surface area (TPSA) is 24.5 Å². The standard InChI is InChI=1S/C14H30N2O/c1-14(2,3)15-8-5-4-6-9-16-10-7-12-17-13-11-16/h15H,4-13H2,1-3H3. The third-order valence-corrected chi connectivity index (χ3v) is 3.12.